The largest absolute Gasteiger partial charge is 0.471 e. The van der Waals surface area contributed by atoms with Crippen LogP contribution in [-0.4, -0.2) is 70.7 Å². The number of hydrogen-bond donors (Lipinski definition) is 4. The molecule has 0 radical (unpaired) electrons. The number of aryl methyl sites for hydroxylation is 1. The summed E-state index contributed by atoms with van der Waals surface area (Å²) in [5, 5.41) is 24.2. The molecule has 0 fully saturated rings. The second-order valence-corrected chi connectivity index (χ2v) is 11.3. The highest BCUT2D eigenvalue weighted by Crippen LogP contribution is 2.45. The first-order valence-corrected chi connectivity index (χ1v) is 14.8. The summed E-state index contributed by atoms with van der Waals surface area (Å²) in [6.45, 7) is 10.8. The number of allylic oxidation sites excluding steroid dienone is 3. The zero-order chi connectivity index (χ0) is 30.8. The minimum Gasteiger partial charge on any atom is -0.471 e. The average molecular weight is 607 g/mol. The van der Waals surface area contributed by atoms with Crippen molar-refractivity contribution in [3.8, 4) is 5.88 Å². The van der Waals surface area contributed by atoms with Crippen molar-refractivity contribution in [3.05, 3.63) is 58.2 Å². The first-order valence-electron chi connectivity index (χ1n) is 14.0. The summed E-state index contributed by atoms with van der Waals surface area (Å²) in [6.07, 6.45) is 2.24. The molecule has 0 aliphatic heterocycles. The number of aliphatic hydroxyl groups is 2. The van der Waals surface area contributed by atoms with E-state index in [0.29, 0.717) is 72.7 Å². The van der Waals surface area contributed by atoms with Gasteiger partial charge in [-0.1, -0.05) is 12.2 Å². The Morgan fingerprint density at radius 2 is 1.81 bits per heavy atom. The number of Topliss-reactive ketones (excluding diaryl/α,β-unsaturated/α-hetero) is 1. The first-order chi connectivity index (χ1) is 20.0. The Bertz CT molecular complexity index is 1280. The Kier molecular flexibility index (Phi) is 12.6. The molecule has 0 saturated carbocycles. The number of aliphatic hydroxyl groups excluding tert-OH is 2. The van der Waals surface area contributed by atoms with Crippen LogP contribution >= 0.6 is 11.5 Å². The van der Waals surface area contributed by atoms with E-state index in [0.717, 1.165) is 23.5 Å². The van der Waals surface area contributed by atoms with Crippen LogP contribution in [0.4, 0.5) is 18.6 Å². The number of ether oxygens (including phenoxy) is 1. The Labute approximate surface area is 249 Å². The van der Waals surface area contributed by atoms with Crippen LogP contribution in [0.1, 0.15) is 56.2 Å². The van der Waals surface area contributed by atoms with Crippen molar-refractivity contribution in [1.82, 2.24) is 14.6 Å². The smallest absolute Gasteiger partial charge is 0.319 e. The topological polar surface area (TPSA) is 124 Å². The number of nitrogens with zero attached hydrogens (tertiary/aromatic N) is 2. The number of aromatic nitrogens is 1. The van der Waals surface area contributed by atoms with Gasteiger partial charge < -0.3 is 20.3 Å². The molecule has 1 aliphatic carbocycles. The fourth-order valence-corrected chi connectivity index (χ4v) is 5.57. The fraction of sp³-hybridized carbons (Fsp3) is 0.500. The molecule has 1 unspecified atom stereocenters. The Hall–Kier alpha value is -3.19. The van der Waals surface area contributed by atoms with Gasteiger partial charge in [-0.15, -0.1) is 0 Å². The molecular weight excluding hydrogens is 566 g/mol. The predicted octanol–water partition coefficient (Wildman–Crippen LogP) is 4.83. The zero-order valence-corrected chi connectivity index (χ0v) is 25.2. The second-order valence-electron chi connectivity index (χ2n) is 10.5. The molecular formula is C30H40F2N4O5S. The maximum Gasteiger partial charge on any atom is 0.319 e. The Balaban J connectivity index is 1.78. The van der Waals surface area contributed by atoms with Crippen molar-refractivity contribution >= 4 is 33.9 Å². The number of anilines is 1. The molecule has 4 N–H and O–H groups in total. The van der Waals surface area contributed by atoms with Crippen LogP contribution in [0.15, 0.2) is 29.9 Å². The molecule has 0 spiro atoms. The lowest BCUT2D eigenvalue weighted by Gasteiger charge is -2.26. The maximum absolute atomic E-state index is 14.5. The predicted molar refractivity (Wildman–Crippen MR) is 160 cm³/mol. The van der Waals surface area contributed by atoms with E-state index < -0.39 is 24.3 Å². The minimum atomic E-state index is -0.733. The quantitative estimate of drug-likeness (QED) is 0.169. The summed E-state index contributed by atoms with van der Waals surface area (Å²) in [4.78, 5) is 27.7. The van der Waals surface area contributed by atoms with Gasteiger partial charge in [0.05, 0.1) is 24.3 Å². The molecule has 12 heteroatoms. The summed E-state index contributed by atoms with van der Waals surface area (Å²) in [7, 11) is 0. The molecule has 0 bridgehead atoms. The van der Waals surface area contributed by atoms with Gasteiger partial charge in [-0.3, -0.25) is 15.0 Å². The number of carbonyl (C=O) groups is 2. The third-order valence-electron chi connectivity index (χ3n) is 7.30. The summed E-state index contributed by atoms with van der Waals surface area (Å²) in [6, 6.07) is 1.98. The van der Waals surface area contributed by atoms with Crippen LogP contribution in [0.25, 0.3) is 5.57 Å². The van der Waals surface area contributed by atoms with Gasteiger partial charge in [-0.2, -0.15) is 4.37 Å². The monoisotopic (exact) mass is 606 g/mol. The number of benzene rings is 1. The van der Waals surface area contributed by atoms with Gasteiger partial charge >= 0.3 is 6.03 Å². The number of ketones is 1. The van der Waals surface area contributed by atoms with E-state index in [9.17, 15) is 18.4 Å². The number of rotatable bonds is 15. The molecule has 0 saturated heterocycles. The van der Waals surface area contributed by atoms with E-state index in [4.69, 9.17) is 14.9 Å². The highest BCUT2D eigenvalue weighted by Gasteiger charge is 2.31. The van der Waals surface area contributed by atoms with Gasteiger partial charge in [0.2, 0.25) is 5.88 Å². The fourth-order valence-electron chi connectivity index (χ4n) is 4.82. The van der Waals surface area contributed by atoms with Gasteiger partial charge in [0.25, 0.3) is 0 Å². The Morgan fingerprint density at radius 3 is 2.43 bits per heavy atom. The number of nitrogens with one attached hydrogen (secondary N) is 2. The molecule has 1 atom stereocenters. The number of carbonyl (C=O) groups excluding carboxylic acids is 2. The molecule has 42 heavy (non-hydrogen) atoms. The van der Waals surface area contributed by atoms with E-state index in [1.54, 1.807) is 13.8 Å². The van der Waals surface area contributed by atoms with Crippen molar-refractivity contribution < 1.29 is 33.3 Å². The normalized spacial score (nSPS) is 15.3. The van der Waals surface area contributed by atoms with Crippen LogP contribution in [0.5, 0.6) is 5.88 Å². The SMILES string of the molecule is C=C(C)C1CC(=O)C(C)=C(c2c(OCc3c(F)cc(C)cc3F)nsc2NC(=O)NCCCCN(CCO)CCO)C1. The van der Waals surface area contributed by atoms with Gasteiger partial charge in [-0.25, -0.2) is 13.6 Å². The van der Waals surface area contributed by atoms with Crippen molar-refractivity contribution in [2.75, 3.05) is 44.7 Å². The molecule has 230 valence electrons. The summed E-state index contributed by atoms with van der Waals surface area (Å²) >= 11 is 0.959. The summed E-state index contributed by atoms with van der Waals surface area (Å²) < 4.78 is 39.2. The molecule has 1 heterocycles. The van der Waals surface area contributed by atoms with Gasteiger partial charge in [-0.05, 0) is 92.9 Å². The molecule has 3 rings (SSSR count). The van der Waals surface area contributed by atoms with Crippen LogP contribution < -0.4 is 15.4 Å². The first kappa shape index (κ1) is 33.3. The lowest BCUT2D eigenvalue weighted by molar-refractivity contribution is -0.116. The third-order valence-corrected chi connectivity index (χ3v) is 8.04. The van der Waals surface area contributed by atoms with E-state index >= 15 is 0 Å². The number of urea groups is 1. The van der Waals surface area contributed by atoms with E-state index in [1.807, 2.05) is 11.8 Å². The number of unbranched alkanes of at least 4 members (excludes halogenated alkanes) is 1. The molecule has 1 aromatic heterocycles. The molecule has 2 aromatic rings. The molecule has 1 aliphatic rings. The number of hydrogen-bond acceptors (Lipinski definition) is 8. The van der Waals surface area contributed by atoms with Crippen LogP contribution in [0, 0.1) is 24.5 Å². The van der Waals surface area contributed by atoms with Crippen LogP contribution in [0.3, 0.4) is 0 Å². The zero-order valence-electron chi connectivity index (χ0n) is 24.4. The molecule has 1 aromatic carbocycles. The van der Waals surface area contributed by atoms with Gasteiger partial charge in [0, 0.05) is 26.1 Å². The standard InChI is InChI=1S/C30H40F2N4O5S/c1-18(2)21-15-22(20(4)26(39)16-21)27-28(41-17-23-24(31)13-19(3)14-25(23)32)35-42-29(27)34-30(40)33-7-5-6-8-36(9-11-37)10-12-38/h13-14,21,37-38H,1,5-12,15-17H2,2-4H3,(H2,33,34,40). The second kappa shape index (κ2) is 15.9. The van der Waals surface area contributed by atoms with Gasteiger partial charge in [0.1, 0.15) is 23.2 Å². The van der Waals surface area contributed by atoms with Crippen molar-refractivity contribution in [3.63, 3.8) is 0 Å². The molecule has 2 amide bonds. The van der Waals surface area contributed by atoms with Crippen molar-refractivity contribution in [2.45, 2.75) is 53.1 Å². The lowest BCUT2D eigenvalue weighted by atomic mass is 9.78. The van der Waals surface area contributed by atoms with Crippen LogP contribution in [0.2, 0.25) is 0 Å². The van der Waals surface area contributed by atoms with Crippen molar-refractivity contribution in [1.29, 1.82) is 0 Å². The highest BCUT2D eigenvalue weighted by atomic mass is 32.1. The number of halogens is 2. The summed E-state index contributed by atoms with van der Waals surface area (Å²) in [5.74, 6) is -1.54. The summed E-state index contributed by atoms with van der Waals surface area (Å²) in [5.41, 5.74) is 2.64. The minimum absolute atomic E-state index is 0.00701. The maximum atomic E-state index is 14.5. The van der Waals surface area contributed by atoms with Crippen molar-refractivity contribution in [2.24, 2.45) is 5.92 Å². The lowest BCUT2D eigenvalue weighted by Crippen LogP contribution is -2.32. The molecule has 9 nitrogen and oxygen atoms in total. The Morgan fingerprint density at radius 1 is 1.14 bits per heavy atom. The number of amides is 2. The third kappa shape index (κ3) is 8.90. The van der Waals surface area contributed by atoms with Crippen LogP contribution in [-0.2, 0) is 11.4 Å². The van der Waals surface area contributed by atoms with E-state index in [-0.39, 0.29) is 36.4 Å². The van der Waals surface area contributed by atoms with E-state index in [2.05, 4.69) is 21.6 Å². The van der Waals surface area contributed by atoms with Gasteiger partial charge in [0.15, 0.2) is 5.78 Å². The average Bonchev–Trinajstić information content (AvgIpc) is 3.31. The highest BCUT2D eigenvalue weighted by molar-refractivity contribution is 7.11. The van der Waals surface area contributed by atoms with E-state index in [1.165, 1.54) is 12.1 Å².